The molecule has 0 aromatic carbocycles. The van der Waals surface area contributed by atoms with Crippen LogP contribution in [0.15, 0.2) is 0 Å². The van der Waals surface area contributed by atoms with Gasteiger partial charge in [0.2, 0.25) is 0 Å². The van der Waals surface area contributed by atoms with Crippen LogP contribution in [0.2, 0.25) is 0 Å². The predicted molar refractivity (Wildman–Crippen MR) is 74.1 cm³/mol. The lowest BCUT2D eigenvalue weighted by Gasteiger charge is -2.32. The number of nitrogens with one attached hydrogen (secondary N) is 1. The highest BCUT2D eigenvalue weighted by atomic mass is 16.4. The maximum atomic E-state index is 12.3. The summed E-state index contributed by atoms with van der Waals surface area (Å²) in [5.41, 5.74) is -1.13. The summed E-state index contributed by atoms with van der Waals surface area (Å²) in [6.07, 6.45) is 6.34. The minimum Gasteiger partial charge on any atom is -0.480 e. The number of hydrogen-bond acceptors (Lipinski definition) is 2. The third kappa shape index (κ3) is 4.11. The van der Waals surface area contributed by atoms with Crippen molar-refractivity contribution in [3.8, 4) is 0 Å². The van der Waals surface area contributed by atoms with Crippen LogP contribution in [0, 0.1) is 0 Å². The summed E-state index contributed by atoms with van der Waals surface area (Å²) in [5, 5.41) is 12.1. The standard InChI is InChI=1S/C14H26N2O3/c1-3-14(4-2,12(17)18)15-13(19)16-10-8-6-5-7-9-11-16/h3-11H2,1-2H3,(H,15,19)(H,17,18). The normalized spacial score (nSPS) is 17.5. The molecule has 0 atom stereocenters. The Balaban J connectivity index is 2.67. The van der Waals surface area contributed by atoms with Crippen LogP contribution in [0.4, 0.5) is 4.79 Å². The smallest absolute Gasteiger partial charge is 0.329 e. The minimum atomic E-state index is -1.13. The highest BCUT2D eigenvalue weighted by molar-refractivity contribution is 5.86. The third-order valence-corrected chi connectivity index (χ3v) is 4.11. The molecule has 2 N–H and O–H groups in total. The second-order valence-electron chi connectivity index (χ2n) is 5.28. The van der Waals surface area contributed by atoms with E-state index in [1.54, 1.807) is 18.7 Å². The molecule has 0 spiro atoms. The zero-order valence-corrected chi connectivity index (χ0v) is 12.1. The van der Waals surface area contributed by atoms with E-state index in [9.17, 15) is 14.7 Å². The van der Waals surface area contributed by atoms with Gasteiger partial charge in [0.15, 0.2) is 0 Å². The van der Waals surface area contributed by atoms with Gasteiger partial charge in [0.25, 0.3) is 0 Å². The topological polar surface area (TPSA) is 69.6 Å². The number of carbonyl (C=O) groups is 2. The van der Waals surface area contributed by atoms with E-state index in [0.29, 0.717) is 12.8 Å². The first-order valence-electron chi connectivity index (χ1n) is 7.36. The molecule has 1 aliphatic rings. The lowest BCUT2D eigenvalue weighted by molar-refractivity contribution is -0.144. The Morgan fingerprint density at radius 3 is 1.95 bits per heavy atom. The Morgan fingerprint density at radius 1 is 1.05 bits per heavy atom. The van der Waals surface area contributed by atoms with Gasteiger partial charge in [0, 0.05) is 13.1 Å². The molecule has 110 valence electrons. The molecule has 0 saturated carbocycles. The first-order valence-corrected chi connectivity index (χ1v) is 7.36. The quantitative estimate of drug-likeness (QED) is 0.825. The molecule has 0 radical (unpaired) electrons. The van der Waals surface area contributed by atoms with Crippen molar-refractivity contribution in [2.24, 2.45) is 0 Å². The van der Waals surface area contributed by atoms with Gasteiger partial charge in [-0.25, -0.2) is 9.59 Å². The molecule has 0 aromatic rings. The molecule has 19 heavy (non-hydrogen) atoms. The van der Waals surface area contributed by atoms with E-state index < -0.39 is 11.5 Å². The van der Waals surface area contributed by atoms with Crippen LogP contribution in [0.1, 0.15) is 58.8 Å². The fourth-order valence-electron chi connectivity index (χ4n) is 2.52. The highest BCUT2D eigenvalue weighted by Crippen LogP contribution is 2.17. The van der Waals surface area contributed by atoms with Crippen molar-refractivity contribution in [3.63, 3.8) is 0 Å². The number of amides is 2. The number of carboxylic acids is 1. The largest absolute Gasteiger partial charge is 0.480 e. The Kier molecular flexibility index (Phi) is 6.12. The molecule has 5 nitrogen and oxygen atoms in total. The summed E-state index contributed by atoms with van der Waals surface area (Å²) < 4.78 is 0. The van der Waals surface area contributed by atoms with Gasteiger partial charge in [-0.05, 0) is 25.7 Å². The number of carbonyl (C=O) groups excluding carboxylic acids is 1. The van der Waals surface area contributed by atoms with Crippen molar-refractivity contribution in [3.05, 3.63) is 0 Å². The first-order chi connectivity index (χ1) is 9.05. The van der Waals surface area contributed by atoms with E-state index in [1.165, 1.54) is 6.42 Å². The van der Waals surface area contributed by atoms with Crippen molar-refractivity contribution < 1.29 is 14.7 Å². The number of likely N-dealkylation sites (tertiary alicyclic amines) is 1. The summed E-state index contributed by atoms with van der Waals surface area (Å²) in [7, 11) is 0. The van der Waals surface area contributed by atoms with E-state index in [1.807, 2.05) is 0 Å². The average Bonchev–Trinajstić information content (AvgIpc) is 2.35. The van der Waals surface area contributed by atoms with Crippen molar-refractivity contribution >= 4 is 12.0 Å². The van der Waals surface area contributed by atoms with Gasteiger partial charge in [-0.2, -0.15) is 0 Å². The molecule has 0 aromatic heterocycles. The molecule has 0 bridgehead atoms. The SMILES string of the molecule is CCC(CC)(NC(=O)N1CCCCCCC1)C(=O)O. The molecular weight excluding hydrogens is 244 g/mol. The van der Waals surface area contributed by atoms with Gasteiger partial charge >= 0.3 is 12.0 Å². The zero-order valence-electron chi connectivity index (χ0n) is 12.1. The van der Waals surface area contributed by atoms with Gasteiger partial charge in [0.05, 0.1) is 0 Å². The van der Waals surface area contributed by atoms with E-state index in [4.69, 9.17) is 0 Å². The number of nitrogens with zero attached hydrogens (tertiary/aromatic N) is 1. The molecule has 0 aliphatic carbocycles. The van der Waals surface area contributed by atoms with E-state index in [0.717, 1.165) is 38.8 Å². The van der Waals surface area contributed by atoms with Gasteiger partial charge < -0.3 is 15.3 Å². The summed E-state index contributed by atoms with van der Waals surface area (Å²) in [6, 6.07) is -0.229. The molecule has 1 saturated heterocycles. The van der Waals surface area contributed by atoms with Crippen molar-refractivity contribution in [2.75, 3.05) is 13.1 Å². The third-order valence-electron chi connectivity index (χ3n) is 4.11. The maximum absolute atomic E-state index is 12.3. The summed E-state index contributed by atoms with van der Waals surface area (Å²) in [4.78, 5) is 25.4. The van der Waals surface area contributed by atoms with E-state index in [2.05, 4.69) is 5.32 Å². The van der Waals surface area contributed by atoms with Crippen LogP contribution >= 0.6 is 0 Å². The number of carboxylic acid groups (broad SMARTS) is 1. The number of aliphatic carboxylic acids is 1. The average molecular weight is 270 g/mol. The van der Waals surface area contributed by atoms with Gasteiger partial charge in [-0.15, -0.1) is 0 Å². The molecule has 1 fully saturated rings. The summed E-state index contributed by atoms with van der Waals surface area (Å²) >= 11 is 0. The van der Waals surface area contributed by atoms with Crippen LogP contribution in [0.3, 0.4) is 0 Å². The van der Waals surface area contributed by atoms with Crippen LogP contribution in [-0.2, 0) is 4.79 Å². The van der Waals surface area contributed by atoms with E-state index in [-0.39, 0.29) is 6.03 Å². The van der Waals surface area contributed by atoms with Gasteiger partial charge in [0.1, 0.15) is 5.54 Å². The molecule has 1 aliphatic heterocycles. The molecule has 0 unspecified atom stereocenters. The van der Waals surface area contributed by atoms with E-state index >= 15 is 0 Å². The van der Waals surface area contributed by atoms with Crippen molar-refractivity contribution in [2.45, 2.75) is 64.3 Å². The lowest BCUT2D eigenvalue weighted by atomic mass is 9.93. The zero-order chi connectivity index (χ0) is 14.3. The molecular formula is C14H26N2O3. The second kappa shape index (κ2) is 7.36. The highest BCUT2D eigenvalue weighted by Gasteiger charge is 2.37. The fourth-order valence-corrected chi connectivity index (χ4v) is 2.52. The first kappa shape index (κ1) is 15.8. The van der Waals surface area contributed by atoms with Crippen molar-refractivity contribution in [1.82, 2.24) is 10.2 Å². The predicted octanol–water partition coefficient (Wildman–Crippen LogP) is 2.61. The second-order valence-corrected chi connectivity index (χ2v) is 5.28. The monoisotopic (exact) mass is 270 g/mol. The summed E-state index contributed by atoms with van der Waals surface area (Å²) in [5.74, 6) is -0.946. The van der Waals surface area contributed by atoms with Crippen LogP contribution < -0.4 is 5.32 Å². The number of hydrogen-bond donors (Lipinski definition) is 2. The lowest BCUT2D eigenvalue weighted by Crippen LogP contribution is -2.57. The number of urea groups is 1. The van der Waals surface area contributed by atoms with Crippen LogP contribution in [-0.4, -0.2) is 40.6 Å². The molecule has 2 amide bonds. The molecule has 5 heteroatoms. The Morgan fingerprint density at radius 2 is 1.53 bits per heavy atom. The van der Waals surface area contributed by atoms with Gasteiger partial charge in [-0.1, -0.05) is 33.1 Å². The minimum absolute atomic E-state index is 0.229. The van der Waals surface area contributed by atoms with Crippen LogP contribution in [0.25, 0.3) is 0 Å². The molecule has 1 heterocycles. The Labute approximate surface area is 115 Å². The van der Waals surface area contributed by atoms with Crippen molar-refractivity contribution in [1.29, 1.82) is 0 Å². The van der Waals surface area contributed by atoms with Crippen LogP contribution in [0.5, 0.6) is 0 Å². The fraction of sp³-hybridized carbons (Fsp3) is 0.857. The summed E-state index contributed by atoms with van der Waals surface area (Å²) in [6.45, 7) is 5.06. The number of rotatable bonds is 4. The Bertz CT molecular complexity index is 306. The maximum Gasteiger partial charge on any atom is 0.329 e. The molecule has 1 rings (SSSR count). The van der Waals surface area contributed by atoms with Gasteiger partial charge in [-0.3, -0.25) is 0 Å². The Hall–Kier alpha value is -1.26.